The molecule has 7 heavy (non-hydrogen) atoms. The van der Waals surface area contributed by atoms with Crippen LogP contribution in [0.25, 0.3) is 0 Å². The molecule has 0 amide bonds. The lowest BCUT2D eigenvalue weighted by Gasteiger charge is -1.77. The van der Waals surface area contributed by atoms with Gasteiger partial charge in [0.15, 0.2) is 0 Å². The Labute approximate surface area is 43.5 Å². The van der Waals surface area contributed by atoms with Crippen LogP contribution in [-0.4, -0.2) is 13.3 Å². The molecule has 0 saturated carbocycles. The van der Waals surface area contributed by atoms with Gasteiger partial charge in [0.2, 0.25) is 0 Å². The SMILES string of the molecule is [CH2]C=CC=NOC. The summed E-state index contributed by atoms with van der Waals surface area (Å²) in [4.78, 5) is 4.33. The van der Waals surface area contributed by atoms with Gasteiger partial charge in [-0.2, -0.15) is 0 Å². The van der Waals surface area contributed by atoms with Gasteiger partial charge in [-0.05, 0) is 13.0 Å². The Kier molecular flexibility index (Phi) is 4.62. The molecule has 1 radical (unpaired) electrons. The van der Waals surface area contributed by atoms with E-state index in [1.54, 1.807) is 12.2 Å². The van der Waals surface area contributed by atoms with E-state index in [2.05, 4.69) is 16.9 Å². The zero-order valence-corrected chi connectivity index (χ0v) is 4.29. The molecule has 0 bridgehead atoms. The van der Waals surface area contributed by atoms with E-state index in [9.17, 15) is 0 Å². The quantitative estimate of drug-likeness (QED) is 0.373. The van der Waals surface area contributed by atoms with Crippen LogP contribution >= 0.6 is 0 Å². The normalized spacial score (nSPS) is 11.1. The van der Waals surface area contributed by atoms with Crippen molar-refractivity contribution in [3.8, 4) is 0 Å². The topological polar surface area (TPSA) is 21.6 Å². The molecule has 2 heteroatoms. The molecule has 0 N–H and O–H groups in total. The summed E-state index contributed by atoms with van der Waals surface area (Å²) in [5, 5.41) is 3.41. The first-order valence-electron chi connectivity index (χ1n) is 1.92. The first-order valence-corrected chi connectivity index (χ1v) is 1.92. The average molecular weight is 98.1 g/mol. The van der Waals surface area contributed by atoms with Gasteiger partial charge in [0, 0.05) is 0 Å². The Morgan fingerprint density at radius 3 is 2.86 bits per heavy atom. The van der Waals surface area contributed by atoms with E-state index in [1.807, 2.05) is 0 Å². The van der Waals surface area contributed by atoms with Crippen molar-refractivity contribution in [3.05, 3.63) is 19.1 Å². The predicted octanol–water partition coefficient (Wildman–Crippen LogP) is 1.01. The molecule has 0 aromatic carbocycles. The zero-order chi connectivity index (χ0) is 5.54. The van der Waals surface area contributed by atoms with Crippen LogP contribution in [0.5, 0.6) is 0 Å². The van der Waals surface area contributed by atoms with Crippen molar-refractivity contribution >= 4 is 6.21 Å². The highest BCUT2D eigenvalue weighted by Gasteiger charge is 1.56. The van der Waals surface area contributed by atoms with Gasteiger partial charge in [-0.1, -0.05) is 11.2 Å². The van der Waals surface area contributed by atoms with E-state index >= 15 is 0 Å². The van der Waals surface area contributed by atoms with E-state index in [0.717, 1.165) is 0 Å². The third kappa shape index (κ3) is 5.21. The summed E-state index contributed by atoms with van der Waals surface area (Å²) < 4.78 is 0. The summed E-state index contributed by atoms with van der Waals surface area (Å²) >= 11 is 0. The number of hydrogen-bond acceptors (Lipinski definition) is 2. The summed E-state index contributed by atoms with van der Waals surface area (Å²) in [7, 11) is 1.49. The third-order valence-corrected chi connectivity index (χ3v) is 0.388. The molecule has 0 aliphatic rings. The predicted molar refractivity (Wildman–Crippen MR) is 30.0 cm³/mol. The number of nitrogens with zero attached hydrogens (tertiary/aromatic N) is 1. The maximum atomic E-state index is 4.33. The van der Waals surface area contributed by atoms with E-state index < -0.39 is 0 Å². The maximum absolute atomic E-state index is 4.33. The van der Waals surface area contributed by atoms with Gasteiger partial charge in [-0.25, -0.2) is 0 Å². The van der Waals surface area contributed by atoms with Crippen molar-refractivity contribution in [2.45, 2.75) is 0 Å². The van der Waals surface area contributed by atoms with Crippen molar-refractivity contribution in [1.82, 2.24) is 0 Å². The van der Waals surface area contributed by atoms with E-state index in [1.165, 1.54) is 13.3 Å². The van der Waals surface area contributed by atoms with Crippen LogP contribution in [0.4, 0.5) is 0 Å². The molecule has 0 atom stereocenters. The minimum Gasteiger partial charge on any atom is -0.399 e. The zero-order valence-electron chi connectivity index (χ0n) is 4.29. The number of oxime groups is 1. The standard InChI is InChI=1S/C5H8NO/c1-3-4-5-6-7-2/h3-5H,1H2,2H3. The fourth-order valence-corrected chi connectivity index (χ4v) is 0.157. The second-order valence-corrected chi connectivity index (χ2v) is 0.865. The van der Waals surface area contributed by atoms with Crippen molar-refractivity contribution in [1.29, 1.82) is 0 Å². The van der Waals surface area contributed by atoms with Gasteiger partial charge in [0.1, 0.15) is 7.11 Å². The summed E-state index contributed by atoms with van der Waals surface area (Å²) in [5.41, 5.74) is 0. The fourth-order valence-electron chi connectivity index (χ4n) is 0.157. The van der Waals surface area contributed by atoms with Crippen molar-refractivity contribution in [3.63, 3.8) is 0 Å². The molecule has 0 fully saturated rings. The lowest BCUT2D eigenvalue weighted by atomic mass is 10.6. The molecule has 2 nitrogen and oxygen atoms in total. The molecule has 0 aliphatic carbocycles. The number of rotatable bonds is 2. The molecule has 0 aromatic rings. The molecule has 0 spiro atoms. The molecular weight excluding hydrogens is 90.1 g/mol. The molecule has 39 valence electrons. The van der Waals surface area contributed by atoms with E-state index in [-0.39, 0.29) is 0 Å². The number of allylic oxidation sites excluding steroid dienone is 2. The van der Waals surface area contributed by atoms with E-state index in [4.69, 9.17) is 0 Å². The second-order valence-electron chi connectivity index (χ2n) is 0.865. The highest BCUT2D eigenvalue weighted by molar-refractivity contribution is 5.70. The largest absolute Gasteiger partial charge is 0.399 e. The Balaban J connectivity index is 3.09. The van der Waals surface area contributed by atoms with Crippen LogP contribution in [0.3, 0.4) is 0 Å². The Morgan fingerprint density at radius 2 is 2.43 bits per heavy atom. The number of hydrogen-bond donors (Lipinski definition) is 0. The molecular formula is C5H8NO. The molecule has 0 rings (SSSR count). The summed E-state index contributed by atoms with van der Waals surface area (Å²) in [5.74, 6) is 0. The lowest BCUT2D eigenvalue weighted by Crippen LogP contribution is -1.66. The van der Waals surface area contributed by atoms with Crippen LogP contribution in [0.2, 0.25) is 0 Å². The van der Waals surface area contributed by atoms with Crippen LogP contribution in [0, 0.1) is 6.92 Å². The van der Waals surface area contributed by atoms with Crippen molar-refractivity contribution in [2.24, 2.45) is 5.16 Å². The van der Waals surface area contributed by atoms with Crippen molar-refractivity contribution < 1.29 is 4.84 Å². The van der Waals surface area contributed by atoms with Crippen LogP contribution < -0.4 is 0 Å². The van der Waals surface area contributed by atoms with Crippen LogP contribution in [-0.2, 0) is 4.84 Å². The second kappa shape index (κ2) is 5.21. The van der Waals surface area contributed by atoms with Crippen LogP contribution in [0.1, 0.15) is 0 Å². The van der Waals surface area contributed by atoms with Gasteiger partial charge in [-0.3, -0.25) is 0 Å². The first-order chi connectivity index (χ1) is 3.41. The van der Waals surface area contributed by atoms with Gasteiger partial charge in [0.25, 0.3) is 0 Å². The summed E-state index contributed by atoms with van der Waals surface area (Å²) in [6.45, 7) is 3.43. The third-order valence-electron chi connectivity index (χ3n) is 0.388. The monoisotopic (exact) mass is 98.1 g/mol. The Hall–Kier alpha value is -0.790. The van der Waals surface area contributed by atoms with Gasteiger partial charge in [0.05, 0.1) is 6.21 Å². The fraction of sp³-hybridized carbons (Fsp3) is 0.200. The molecule has 0 saturated heterocycles. The molecule has 0 unspecified atom stereocenters. The maximum Gasteiger partial charge on any atom is 0.106 e. The van der Waals surface area contributed by atoms with Crippen LogP contribution in [0.15, 0.2) is 17.3 Å². The van der Waals surface area contributed by atoms with E-state index in [0.29, 0.717) is 0 Å². The first kappa shape index (κ1) is 6.21. The Morgan fingerprint density at radius 1 is 1.71 bits per heavy atom. The Bertz CT molecular complexity index is 76.1. The summed E-state index contributed by atoms with van der Waals surface area (Å²) in [6.07, 6.45) is 4.83. The van der Waals surface area contributed by atoms with Crippen molar-refractivity contribution in [2.75, 3.05) is 7.11 Å². The summed E-state index contributed by atoms with van der Waals surface area (Å²) in [6, 6.07) is 0. The minimum absolute atomic E-state index is 1.49. The van der Waals surface area contributed by atoms with Gasteiger partial charge < -0.3 is 4.84 Å². The van der Waals surface area contributed by atoms with Gasteiger partial charge in [-0.15, -0.1) is 0 Å². The minimum atomic E-state index is 1.49. The molecule has 0 heterocycles. The molecule has 0 aromatic heterocycles. The highest BCUT2D eigenvalue weighted by Crippen LogP contribution is 1.65. The smallest absolute Gasteiger partial charge is 0.106 e. The highest BCUT2D eigenvalue weighted by atomic mass is 16.6. The average Bonchev–Trinajstić information content (AvgIpc) is 1.69. The molecule has 0 aliphatic heterocycles. The lowest BCUT2D eigenvalue weighted by molar-refractivity contribution is 0.215. The van der Waals surface area contributed by atoms with Gasteiger partial charge >= 0.3 is 0 Å².